The van der Waals surface area contributed by atoms with E-state index in [0.717, 1.165) is 16.2 Å². The van der Waals surface area contributed by atoms with E-state index in [1.54, 1.807) is 16.8 Å². The Hall–Kier alpha value is -2.20. The summed E-state index contributed by atoms with van der Waals surface area (Å²) < 4.78 is 1.81. The molecule has 0 spiro atoms. The summed E-state index contributed by atoms with van der Waals surface area (Å²) in [6.07, 6.45) is 1.97. The SMILES string of the molecule is c1ccc2cc(-c3cn4ncsc4n3)ccc2c1. The molecule has 86 valence electrons. The Balaban J connectivity index is 1.93. The van der Waals surface area contributed by atoms with Gasteiger partial charge in [-0.15, -0.1) is 0 Å². The van der Waals surface area contributed by atoms with Gasteiger partial charge in [-0.2, -0.15) is 5.10 Å². The third-order valence-electron chi connectivity index (χ3n) is 3.03. The predicted molar refractivity (Wildman–Crippen MR) is 73.8 cm³/mol. The highest BCUT2D eigenvalue weighted by atomic mass is 32.1. The maximum Gasteiger partial charge on any atom is 0.212 e. The maximum atomic E-state index is 4.57. The van der Waals surface area contributed by atoms with E-state index in [4.69, 9.17) is 0 Å². The second-order valence-corrected chi connectivity index (χ2v) is 4.97. The standard InChI is InChI=1S/C14H9N3S/c1-2-4-11-7-12(6-5-10(11)3-1)13-8-17-14(16-13)18-9-15-17/h1-9H. The number of benzene rings is 2. The molecule has 0 bridgehead atoms. The summed E-state index contributed by atoms with van der Waals surface area (Å²) in [4.78, 5) is 5.50. The number of nitrogens with zero attached hydrogens (tertiary/aromatic N) is 3. The molecular formula is C14H9N3S. The maximum absolute atomic E-state index is 4.57. The van der Waals surface area contributed by atoms with E-state index < -0.39 is 0 Å². The van der Waals surface area contributed by atoms with Crippen molar-refractivity contribution in [2.75, 3.05) is 0 Å². The molecule has 4 aromatic rings. The molecule has 2 heterocycles. The molecule has 0 aliphatic rings. The first kappa shape index (κ1) is 9.79. The van der Waals surface area contributed by atoms with Gasteiger partial charge in [0.1, 0.15) is 5.51 Å². The fraction of sp³-hybridized carbons (Fsp3) is 0. The smallest absolute Gasteiger partial charge is 0.212 e. The van der Waals surface area contributed by atoms with Crippen LogP contribution in [0.2, 0.25) is 0 Å². The molecule has 4 rings (SSSR count). The third-order valence-corrected chi connectivity index (χ3v) is 3.72. The predicted octanol–water partition coefficient (Wildman–Crippen LogP) is 3.61. The molecule has 18 heavy (non-hydrogen) atoms. The minimum absolute atomic E-state index is 0.929. The fourth-order valence-electron chi connectivity index (χ4n) is 2.13. The Morgan fingerprint density at radius 1 is 1.00 bits per heavy atom. The molecule has 2 aromatic carbocycles. The van der Waals surface area contributed by atoms with Crippen LogP contribution in [0.5, 0.6) is 0 Å². The molecule has 0 aliphatic carbocycles. The average Bonchev–Trinajstić information content (AvgIpc) is 2.99. The van der Waals surface area contributed by atoms with Gasteiger partial charge in [-0.3, -0.25) is 0 Å². The fourth-order valence-corrected chi connectivity index (χ4v) is 2.73. The van der Waals surface area contributed by atoms with Crippen molar-refractivity contribution in [3.05, 3.63) is 54.2 Å². The van der Waals surface area contributed by atoms with Crippen molar-refractivity contribution in [1.29, 1.82) is 0 Å². The zero-order chi connectivity index (χ0) is 11.9. The number of imidazole rings is 1. The van der Waals surface area contributed by atoms with Crippen molar-refractivity contribution in [3.8, 4) is 11.3 Å². The summed E-state index contributed by atoms with van der Waals surface area (Å²) in [7, 11) is 0. The van der Waals surface area contributed by atoms with Crippen LogP contribution in [0.3, 0.4) is 0 Å². The van der Waals surface area contributed by atoms with Gasteiger partial charge in [0, 0.05) is 5.56 Å². The van der Waals surface area contributed by atoms with Crippen LogP contribution in [0.25, 0.3) is 27.0 Å². The average molecular weight is 251 g/mol. The van der Waals surface area contributed by atoms with Crippen LogP contribution in [0.1, 0.15) is 0 Å². The van der Waals surface area contributed by atoms with Gasteiger partial charge < -0.3 is 0 Å². The lowest BCUT2D eigenvalue weighted by atomic mass is 10.1. The molecule has 0 radical (unpaired) electrons. The van der Waals surface area contributed by atoms with Crippen molar-refractivity contribution in [1.82, 2.24) is 14.6 Å². The summed E-state index contributed by atoms with van der Waals surface area (Å²) in [6, 6.07) is 14.8. The molecule has 0 aliphatic heterocycles. The van der Waals surface area contributed by atoms with Crippen molar-refractivity contribution < 1.29 is 0 Å². The van der Waals surface area contributed by atoms with Gasteiger partial charge in [-0.05, 0) is 16.8 Å². The van der Waals surface area contributed by atoms with Crippen molar-refractivity contribution in [2.24, 2.45) is 0 Å². The lowest BCUT2D eigenvalue weighted by molar-refractivity contribution is 0.974. The first-order valence-electron chi connectivity index (χ1n) is 5.68. The lowest BCUT2D eigenvalue weighted by Gasteiger charge is -2.00. The van der Waals surface area contributed by atoms with Crippen LogP contribution < -0.4 is 0 Å². The topological polar surface area (TPSA) is 30.2 Å². The Morgan fingerprint density at radius 3 is 2.78 bits per heavy atom. The van der Waals surface area contributed by atoms with E-state index in [0.29, 0.717) is 0 Å². The molecule has 0 saturated carbocycles. The molecule has 0 unspecified atom stereocenters. The summed E-state index contributed by atoms with van der Waals surface area (Å²) >= 11 is 1.55. The Bertz CT molecular complexity index is 816. The first-order chi connectivity index (χ1) is 8.90. The van der Waals surface area contributed by atoms with Gasteiger partial charge in [0.25, 0.3) is 0 Å². The van der Waals surface area contributed by atoms with E-state index >= 15 is 0 Å². The van der Waals surface area contributed by atoms with E-state index in [-0.39, 0.29) is 0 Å². The van der Waals surface area contributed by atoms with Crippen molar-refractivity contribution in [3.63, 3.8) is 0 Å². The third kappa shape index (κ3) is 1.43. The highest BCUT2D eigenvalue weighted by Crippen LogP contribution is 2.24. The van der Waals surface area contributed by atoms with E-state index in [1.165, 1.54) is 10.8 Å². The highest BCUT2D eigenvalue weighted by Gasteiger charge is 2.06. The van der Waals surface area contributed by atoms with Crippen LogP contribution in [-0.2, 0) is 0 Å². The molecule has 4 heteroatoms. The molecule has 0 fully saturated rings. The van der Waals surface area contributed by atoms with Crippen LogP contribution in [0, 0.1) is 0 Å². The molecular weight excluding hydrogens is 242 g/mol. The lowest BCUT2D eigenvalue weighted by Crippen LogP contribution is -1.79. The number of rotatable bonds is 1. The molecule has 0 N–H and O–H groups in total. The van der Waals surface area contributed by atoms with Gasteiger partial charge in [0.05, 0.1) is 11.9 Å². The number of hydrogen-bond donors (Lipinski definition) is 0. The molecule has 0 amide bonds. The van der Waals surface area contributed by atoms with E-state index in [2.05, 4.69) is 52.5 Å². The Labute approximate surface area is 107 Å². The van der Waals surface area contributed by atoms with Crippen molar-refractivity contribution in [2.45, 2.75) is 0 Å². The largest absolute Gasteiger partial charge is 0.217 e. The quantitative estimate of drug-likeness (QED) is 0.517. The van der Waals surface area contributed by atoms with Crippen LogP contribution >= 0.6 is 11.3 Å². The summed E-state index contributed by atoms with van der Waals surface area (Å²) in [6.45, 7) is 0. The van der Waals surface area contributed by atoms with Gasteiger partial charge in [-0.1, -0.05) is 47.7 Å². The normalized spacial score (nSPS) is 11.3. The monoisotopic (exact) mass is 251 g/mol. The van der Waals surface area contributed by atoms with Gasteiger partial charge in [0.15, 0.2) is 0 Å². The minimum Gasteiger partial charge on any atom is -0.217 e. The first-order valence-corrected chi connectivity index (χ1v) is 6.56. The van der Waals surface area contributed by atoms with Crippen LogP contribution in [0.4, 0.5) is 0 Å². The highest BCUT2D eigenvalue weighted by molar-refractivity contribution is 7.14. The second-order valence-electron chi connectivity index (χ2n) is 4.15. The Morgan fingerprint density at radius 2 is 1.89 bits per heavy atom. The summed E-state index contributed by atoms with van der Waals surface area (Å²) in [5.74, 6) is 0. The zero-order valence-corrected chi connectivity index (χ0v) is 10.3. The van der Waals surface area contributed by atoms with Gasteiger partial charge in [-0.25, -0.2) is 9.50 Å². The molecule has 0 atom stereocenters. The Kier molecular flexibility index (Phi) is 1.98. The van der Waals surface area contributed by atoms with Crippen LogP contribution in [0.15, 0.2) is 54.2 Å². The molecule has 2 aromatic heterocycles. The zero-order valence-electron chi connectivity index (χ0n) is 9.45. The van der Waals surface area contributed by atoms with Gasteiger partial charge in [0.2, 0.25) is 4.96 Å². The van der Waals surface area contributed by atoms with E-state index in [1.807, 2.05) is 10.7 Å². The van der Waals surface area contributed by atoms with Gasteiger partial charge >= 0.3 is 0 Å². The number of fused-ring (bicyclic) bond motifs is 2. The van der Waals surface area contributed by atoms with Crippen molar-refractivity contribution >= 4 is 27.1 Å². The van der Waals surface area contributed by atoms with E-state index in [9.17, 15) is 0 Å². The molecule has 0 saturated heterocycles. The summed E-state index contributed by atoms with van der Waals surface area (Å²) in [5, 5.41) is 6.69. The molecule has 3 nitrogen and oxygen atoms in total. The number of aromatic nitrogens is 3. The number of hydrogen-bond acceptors (Lipinski definition) is 3. The van der Waals surface area contributed by atoms with Crippen LogP contribution in [-0.4, -0.2) is 14.6 Å². The summed E-state index contributed by atoms with van der Waals surface area (Å²) in [5.41, 5.74) is 3.90. The minimum atomic E-state index is 0.929. The second kappa shape index (κ2) is 3.65.